The van der Waals surface area contributed by atoms with Crippen LogP contribution in [0, 0.1) is 17.3 Å². The minimum Gasteiger partial charge on any atom is -0.384 e. The van der Waals surface area contributed by atoms with Gasteiger partial charge in [-0.05, 0) is 49.4 Å². The predicted octanol–water partition coefficient (Wildman–Crippen LogP) is 3.27. The number of hydrogen-bond donors (Lipinski definition) is 1. The molecule has 2 fully saturated rings. The Morgan fingerprint density at radius 3 is 2.57 bits per heavy atom. The van der Waals surface area contributed by atoms with Gasteiger partial charge in [0.05, 0.1) is 0 Å². The van der Waals surface area contributed by atoms with Crippen molar-refractivity contribution in [3.8, 4) is 0 Å². The highest BCUT2D eigenvalue weighted by molar-refractivity contribution is 5.74. The zero-order valence-corrected chi connectivity index (χ0v) is 14.0. The summed E-state index contributed by atoms with van der Waals surface area (Å²) in [4.78, 5) is 14.2. The largest absolute Gasteiger partial charge is 0.384 e. The predicted molar refractivity (Wildman–Crippen MR) is 85.3 cm³/mol. The highest BCUT2D eigenvalue weighted by atomic mass is 16.5. The van der Waals surface area contributed by atoms with E-state index >= 15 is 0 Å². The third kappa shape index (κ3) is 5.17. The molecular formula is C17H32N2O2. The van der Waals surface area contributed by atoms with Crippen LogP contribution in [0.3, 0.4) is 0 Å². The maximum absolute atomic E-state index is 12.3. The average Bonchev–Trinajstić information content (AvgIpc) is 2.45. The second kappa shape index (κ2) is 7.48. The van der Waals surface area contributed by atoms with Gasteiger partial charge in [-0.2, -0.15) is 0 Å². The lowest BCUT2D eigenvalue weighted by Gasteiger charge is -2.36. The number of rotatable bonds is 4. The van der Waals surface area contributed by atoms with Crippen molar-refractivity contribution in [1.29, 1.82) is 0 Å². The van der Waals surface area contributed by atoms with Crippen molar-refractivity contribution in [1.82, 2.24) is 10.2 Å². The molecule has 1 heterocycles. The Hall–Kier alpha value is -0.770. The first-order valence-corrected chi connectivity index (χ1v) is 8.52. The molecule has 0 aromatic rings. The van der Waals surface area contributed by atoms with E-state index in [0.29, 0.717) is 17.3 Å². The Bertz CT molecular complexity index is 336. The lowest BCUT2D eigenvalue weighted by molar-refractivity contribution is 0.106. The Balaban J connectivity index is 1.68. The van der Waals surface area contributed by atoms with Gasteiger partial charge < -0.3 is 15.0 Å². The number of methoxy groups -OCH3 is 1. The van der Waals surface area contributed by atoms with Gasteiger partial charge in [0.2, 0.25) is 0 Å². The fourth-order valence-electron chi connectivity index (χ4n) is 3.91. The maximum Gasteiger partial charge on any atom is 0.317 e. The number of hydrogen-bond acceptors (Lipinski definition) is 2. The summed E-state index contributed by atoms with van der Waals surface area (Å²) in [6.07, 6.45) is 7.26. The van der Waals surface area contributed by atoms with Crippen molar-refractivity contribution < 1.29 is 9.53 Å². The summed E-state index contributed by atoms with van der Waals surface area (Å²) in [5.41, 5.74) is 0.451. The van der Waals surface area contributed by atoms with E-state index in [0.717, 1.165) is 39.1 Å². The second-order valence-corrected chi connectivity index (χ2v) is 7.70. The van der Waals surface area contributed by atoms with Gasteiger partial charge in [-0.3, -0.25) is 0 Å². The Labute approximate surface area is 129 Å². The zero-order valence-electron chi connectivity index (χ0n) is 14.0. The van der Waals surface area contributed by atoms with Gasteiger partial charge in [-0.25, -0.2) is 4.79 Å². The summed E-state index contributed by atoms with van der Waals surface area (Å²) < 4.78 is 5.20. The molecule has 1 unspecified atom stereocenters. The van der Waals surface area contributed by atoms with E-state index in [1.54, 1.807) is 7.11 Å². The molecule has 2 amide bonds. The number of piperidine rings is 1. The van der Waals surface area contributed by atoms with E-state index in [-0.39, 0.29) is 6.03 Å². The first-order chi connectivity index (χ1) is 10.00. The molecule has 1 saturated heterocycles. The third-order valence-electron chi connectivity index (χ3n) is 5.15. The van der Waals surface area contributed by atoms with Crippen molar-refractivity contribution >= 4 is 6.03 Å². The fourth-order valence-corrected chi connectivity index (χ4v) is 3.91. The van der Waals surface area contributed by atoms with E-state index in [2.05, 4.69) is 19.2 Å². The highest BCUT2D eigenvalue weighted by Crippen LogP contribution is 2.38. The minimum absolute atomic E-state index is 0.134. The summed E-state index contributed by atoms with van der Waals surface area (Å²) in [5.74, 6) is 1.28. The molecule has 1 aliphatic carbocycles. The molecule has 122 valence electrons. The van der Waals surface area contributed by atoms with Gasteiger partial charge in [0, 0.05) is 33.4 Å². The first kappa shape index (κ1) is 16.6. The molecular weight excluding hydrogens is 264 g/mol. The average molecular weight is 296 g/mol. The third-order valence-corrected chi connectivity index (χ3v) is 5.15. The van der Waals surface area contributed by atoms with Crippen molar-refractivity contribution in [3.05, 3.63) is 0 Å². The fraction of sp³-hybridized carbons (Fsp3) is 0.941. The number of ether oxygens (including phenoxy) is 1. The number of carbonyl (C=O) groups is 1. The zero-order chi connectivity index (χ0) is 15.3. The number of likely N-dealkylation sites (tertiary alicyclic amines) is 1. The van der Waals surface area contributed by atoms with Crippen LogP contribution in [0.2, 0.25) is 0 Å². The molecule has 1 aliphatic heterocycles. The van der Waals surface area contributed by atoms with Crippen LogP contribution in [0.25, 0.3) is 0 Å². The van der Waals surface area contributed by atoms with E-state index in [4.69, 9.17) is 4.74 Å². The molecule has 2 aliphatic rings. The highest BCUT2D eigenvalue weighted by Gasteiger charge is 2.29. The topological polar surface area (TPSA) is 41.6 Å². The van der Waals surface area contributed by atoms with E-state index in [1.807, 2.05) is 4.90 Å². The van der Waals surface area contributed by atoms with Crippen LogP contribution in [-0.4, -0.2) is 44.3 Å². The van der Waals surface area contributed by atoms with Gasteiger partial charge in [0.25, 0.3) is 0 Å². The van der Waals surface area contributed by atoms with Gasteiger partial charge in [0.15, 0.2) is 0 Å². The molecule has 1 saturated carbocycles. The quantitative estimate of drug-likeness (QED) is 0.865. The second-order valence-electron chi connectivity index (χ2n) is 7.70. The molecule has 1 N–H and O–H groups in total. The van der Waals surface area contributed by atoms with Crippen molar-refractivity contribution in [2.24, 2.45) is 17.3 Å². The van der Waals surface area contributed by atoms with E-state index < -0.39 is 0 Å². The molecule has 21 heavy (non-hydrogen) atoms. The summed E-state index contributed by atoms with van der Waals surface area (Å²) in [6, 6.07) is 0.134. The maximum atomic E-state index is 12.3. The standard InChI is InChI=1S/C17H32N2O2/c1-17(2)8-4-5-15(11-17)12-18-16(20)19-9-6-14(7-10-19)13-21-3/h14-15H,4-13H2,1-3H3,(H,18,20). The Morgan fingerprint density at radius 2 is 1.95 bits per heavy atom. The smallest absolute Gasteiger partial charge is 0.317 e. The van der Waals surface area contributed by atoms with Crippen LogP contribution >= 0.6 is 0 Å². The van der Waals surface area contributed by atoms with Crippen LogP contribution < -0.4 is 5.32 Å². The summed E-state index contributed by atoms with van der Waals surface area (Å²) in [5, 5.41) is 3.16. The van der Waals surface area contributed by atoms with Crippen LogP contribution in [0.4, 0.5) is 4.79 Å². The number of amides is 2. The number of nitrogens with one attached hydrogen (secondary N) is 1. The monoisotopic (exact) mass is 296 g/mol. The lowest BCUT2D eigenvalue weighted by atomic mass is 9.72. The molecule has 0 aromatic heterocycles. The molecule has 0 aromatic carbocycles. The first-order valence-electron chi connectivity index (χ1n) is 8.52. The summed E-state index contributed by atoms with van der Waals surface area (Å²) in [7, 11) is 1.75. The van der Waals surface area contributed by atoms with Crippen LogP contribution in [-0.2, 0) is 4.74 Å². The number of carbonyl (C=O) groups excluding carboxylic acids is 1. The van der Waals surface area contributed by atoms with Gasteiger partial charge in [0.1, 0.15) is 0 Å². The molecule has 0 spiro atoms. The van der Waals surface area contributed by atoms with Gasteiger partial charge in [-0.15, -0.1) is 0 Å². The molecule has 0 bridgehead atoms. The van der Waals surface area contributed by atoms with Crippen LogP contribution in [0.15, 0.2) is 0 Å². The number of urea groups is 1. The molecule has 4 nitrogen and oxygen atoms in total. The van der Waals surface area contributed by atoms with E-state index in [1.165, 1.54) is 25.7 Å². The lowest BCUT2D eigenvalue weighted by Crippen LogP contribution is -2.46. The molecule has 1 atom stereocenters. The number of nitrogens with zero attached hydrogens (tertiary/aromatic N) is 1. The molecule has 4 heteroatoms. The van der Waals surface area contributed by atoms with Crippen molar-refractivity contribution in [2.75, 3.05) is 33.4 Å². The molecule has 2 rings (SSSR count). The Morgan fingerprint density at radius 1 is 1.24 bits per heavy atom. The van der Waals surface area contributed by atoms with Gasteiger partial charge >= 0.3 is 6.03 Å². The Kier molecular flexibility index (Phi) is 5.91. The molecule has 0 radical (unpaired) electrons. The van der Waals surface area contributed by atoms with Crippen LogP contribution in [0.1, 0.15) is 52.4 Å². The summed E-state index contributed by atoms with van der Waals surface area (Å²) in [6.45, 7) is 8.11. The van der Waals surface area contributed by atoms with Crippen molar-refractivity contribution in [3.63, 3.8) is 0 Å². The normalized spacial score (nSPS) is 26.6. The van der Waals surface area contributed by atoms with Gasteiger partial charge in [-0.1, -0.05) is 20.3 Å². The van der Waals surface area contributed by atoms with Crippen LogP contribution in [0.5, 0.6) is 0 Å². The SMILES string of the molecule is COCC1CCN(C(=O)NCC2CCCC(C)(C)C2)CC1. The minimum atomic E-state index is 0.134. The van der Waals surface area contributed by atoms with Crippen molar-refractivity contribution in [2.45, 2.75) is 52.4 Å². The van der Waals surface area contributed by atoms with E-state index in [9.17, 15) is 4.79 Å². The summed E-state index contributed by atoms with van der Waals surface area (Å²) >= 11 is 0.